The first-order chi connectivity index (χ1) is 11.0. The van der Waals surface area contributed by atoms with Crippen molar-refractivity contribution >= 4 is 5.91 Å². The second kappa shape index (κ2) is 8.46. The molecule has 1 aromatic rings. The number of benzene rings is 1. The van der Waals surface area contributed by atoms with Crippen molar-refractivity contribution in [2.24, 2.45) is 5.92 Å². The highest BCUT2D eigenvalue weighted by atomic mass is 16.5. The van der Waals surface area contributed by atoms with Gasteiger partial charge in [0.25, 0.3) is 5.91 Å². The SMILES string of the molecule is CC(C)Cc1ccc(C(C)C(=O)N(O)CN2CCCCC2)cc1. The third kappa shape index (κ3) is 5.33. The number of rotatable bonds is 6. The van der Waals surface area contributed by atoms with E-state index in [4.69, 9.17) is 0 Å². The monoisotopic (exact) mass is 318 g/mol. The summed E-state index contributed by atoms with van der Waals surface area (Å²) in [6.45, 7) is 8.49. The Bertz CT molecular complexity index is 493. The number of carbonyl (C=O) groups excluding carboxylic acids is 1. The van der Waals surface area contributed by atoms with Crippen LogP contribution in [0.15, 0.2) is 24.3 Å². The molecular formula is C19H30N2O2. The number of nitrogens with zero attached hydrogens (tertiary/aromatic N) is 2. The molecule has 1 saturated heterocycles. The molecule has 2 rings (SSSR count). The molecule has 0 aromatic heterocycles. The zero-order valence-electron chi connectivity index (χ0n) is 14.7. The first-order valence-electron chi connectivity index (χ1n) is 8.79. The van der Waals surface area contributed by atoms with Crippen LogP contribution in [0.25, 0.3) is 0 Å². The maximum atomic E-state index is 12.4. The average molecular weight is 318 g/mol. The molecule has 1 heterocycles. The molecule has 1 atom stereocenters. The highest BCUT2D eigenvalue weighted by molar-refractivity contribution is 5.82. The maximum Gasteiger partial charge on any atom is 0.254 e. The molecule has 128 valence electrons. The van der Waals surface area contributed by atoms with Gasteiger partial charge in [0, 0.05) is 0 Å². The van der Waals surface area contributed by atoms with Crippen molar-refractivity contribution in [3.05, 3.63) is 35.4 Å². The standard InChI is InChI=1S/C19H30N2O2/c1-15(2)13-17-7-9-18(10-8-17)16(3)19(22)21(23)14-20-11-5-4-6-12-20/h7-10,15-16,23H,4-6,11-14H2,1-3H3. The van der Waals surface area contributed by atoms with Crippen LogP contribution in [0.4, 0.5) is 0 Å². The van der Waals surface area contributed by atoms with E-state index in [1.54, 1.807) is 0 Å². The Hall–Kier alpha value is -1.39. The minimum atomic E-state index is -0.321. The van der Waals surface area contributed by atoms with Crippen molar-refractivity contribution < 1.29 is 10.0 Å². The zero-order valence-corrected chi connectivity index (χ0v) is 14.7. The Labute approximate surface area is 140 Å². The van der Waals surface area contributed by atoms with Crippen molar-refractivity contribution in [2.45, 2.75) is 52.4 Å². The molecule has 1 aliphatic heterocycles. The van der Waals surface area contributed by atoms with E-state index in [1.807, 2.05) is 19.1 Å². The van der Waals surface area contributed by atoms with Crippen molar-refractivity contribution in [1.82, 2.24) is 9.96 Å². The van der Waals surface area contributed by atoms with E-state index in [0.29, 0.717) is 12.6 Å². The molecule has 1 aromatic carbocycles. The summed E-state index contributed by atoms with van der Waals surface area (Å²) in [4.78, 5) is 14.6. The van der Waals surface area contributed by atoms with Crippen LogP contribution in [0.2, 0.25) is 0 Å². The largest absolute Gasteiger partial charge is 0.285 e. The molecule has 4 nitrogen and oxygen atoms in total. The molecule has 1 fully saturated rings. The second-order valence-electron chi connectivity index (χ2n) is 7.12. The lowest BCUT2D eigenvalue weighted by atomic mass is 9.96. The number of amides is 1. The summed E-state index contributed by atoms with van der Waals surface area (Å²) in [5, 5.41) is 11.0. The molecule has 1 aliphatic rings. The van der Waals surface area contributed by atoms with Crippen LogP contribution in [0.1, 0.15) is 57.1 Å². The van der Waals surface area contributed by atoms with Gasteiger partial charge >= 0.3 is 0 Å². The molecule has 0 radical (unpaired) electrons. The number of carbonyl (C=O) groups is 1. The van der Waals surface area contributed by atoms with Gasteiger partial charge < -0.3 is 0 Å². The normalized spacial score (nSPS) is 17.3. The van der Waals surface area contributed by atoms with Gasteiger partial charge in [-0.2, -0.15) is 0 Å². The van der Waals surface area contributed by atoms with E-state index in [9.17, 15) is 10.0 Å². The van der Waals surface area contributed by atoms with Gasteiger partial charge in [0.15, 0.2) is 0 Å². The highest BCUT2D eigenvalue weighted by Gasteiger charge is 2.23. The first kappa shape index (κ1) is 18.0. The molecule has 1 amide bonds. The number of likely N-dealkylation sites (tertiary alicyclic amines) is 1. The van der Waals surface area contributed by atoms with E-state index in [2.05, 4.69) is 30.9 Å². The Morgan fingerprint density at radius 3 is 2.30 bits per heavy atom. The van der Waals surface area contributed by atoms with E-state index in [1.165, 1.54) is 12.0 Å². The van der Waals surface area contributed by atoms with Gasteiger partial charge in [-0.25, -0.2) is 5.06 Å². The molecule has 0 saturated carbocycles. The lowest BCUT2D eigenvalue weighted by Crippen LogP contribution is -2.43. The van der Waals surface area contributed by atoms with Crippen LogP contribution in [-0.2, 0) is 11.2 Å². The lowest BCUT2D eigenvalue weighted by molar-refractivity contribution is -0.176. The highest BCUT2D eigenvalue weighted by Crippen LogP contribution is 2.20. The molecule has 1 unspecified atom stereocenters. The molecule has 0 bridgehead atoms. The summed E-state index contributed by atoms with van der Waals surface area (Å²) in [6, 6.07) is 8.20. The van der Waals surface area contributed by atoms with Crippen molar-refractivity contribution in [3.63, 3.8) is 0 Å². The van der Waals surface area contributed by atoms with Crippen LogP contribution in [0.3, 0.4) is 0 Å². The Morgan fingerprint density at radius 1 is 1.13 bits per heavy atom. The van der Waals surface area contributed by atoms with Gasteiger partial charge in [-0.1, -0.05) is 44.5 Å². The summed E-state index contributed by atoms with van der Waals surface area (Å²) in [5.41, 5.74) is 2.25. The third-order valence-corrected chi connectivity index (χ3v) is 4.53. The Balaban J connectivity index is 1.92. The Kier molecular flexibility index (Phi) is 6.60. The summed E-state index contributed by atoms with van der Waals surface area (Å²) in [6.07, 6.45) is 4.59. The fourth-order valence-electron chi connectivity index (χ4n) is 3.14. The predicted molar refractivity (Wildman–Crippen MR) is 92.3 cm³/mol. The number of piperidine rings is 1. The smallest absolute Gasteiger partial charge is 0.254 e. The first-order valence-corrected chi connectivity index (χ1v) is 8.79. The molecule has 0 spiro atoms. The van der Waals surface area contributed by atoms with Crippen molar-refractivity contribution in [3.8, 4) is 0 Å². The fraction of sp³-hybridized carbons (Fsp3) is 0.632. The molecule has 1 N–H and O–H groups in total. The van der Waals surface area contributed by atoms with Gasteiger partial charge in [-0.15, -0.1) is 0 Å². The summed E-state index contributed by atoms with van der Waals surface area (Å²) < 4.78 is 0. The lowest BCUT2D eigenvalue weighted by Gasteiger charge is -2.30. The number of hydrogen-bond acceptors (Lipinski definition) is 3. The molecule has 0 aliphatic carbocycles. The van der Waals surface area contributed by atoms with Gasteiger partial charge in [0.05, 0.1) is 5.92 Å². The Morgan fingerprint density at radius 2 is 1.74 bits per heavy atom. The van der Waals surface area contributed by atoms with Gasteiger partial charge in [-0.3, -0.25) is 14.9 Å². The summed E-state index contributed by atoms with van der Waals surface area (Å²) in [7, 11) is 0. The maximum absolute atomic E-state index is 12.4. The van der Waals surface area contributed by atoms with Crippen molar-refractivity contribution in [2.75, 3.05) is 19.8 Å². The van der Waals surface area contributed by atoms with Crippen LogP contribution in [-0.4, -0.2) is 40.8 Å². The summed E-state index contributed by atoms with van der Waals surface area (Å²) >= 11 is 0. The predicted octanol–water partition coefficient (Wildman–Crippen LogP) is 3.65. The quantitative estimate of drug-likeness (QED) is 0.643. The van der Waals surface area contributed by atoms with Crippen LogP contribution < -0.4 is 0 Å². The number of hydroxylamine groups is 2. The third-order valence-electron chi connectivity index (χ3n) is 4.53. The number of hydrogen-bond donors (Lipinski definition) is 1. The van der Waals surface area contributed by atoms with Crippen molar-refractivity contribution in [1.29, 1.82) is 0 Å². The topological polar surface area (TPSA) is 43.8 Å². The van der Waals surface area contributed by atoms with Gasteiger partial charge in [-0.05, 0) is 56.3 Å². The summed E-state index contributed by atoms with van der Waals surface area (Å²) in [5.74, 6) is 0.0717. The van der Waals surface area contributed by atoms with E-state index in [0.717, 1.165) is 43.0 Å². The van der Waals surface area contributed by atoms with E-state index >= 15 is 0 Å². The molecule has 4 heteroatoms. The zero-order chi connectivity index (χ0) is 16.8. The molecule has 23 heavy (non-hydrogen) atoms. The fourth-order valence-corrected chi connectivity index (χ4v) is 3.14. The van der Waals surface area contributed by atoms with Gasteiger partial charge in [0.2, 0.25) is 0 Å². The van der Waals surface area contributed by atoms with Gasteiger partial charge in [0.1, 0.15) is 6.67 Å². The van der Waals surface area contributed by atoms with Crippen LogP contribution in [0.5, 0.6) is 0 Å². The minimum Gasteiger partial charge on any atom is -0.285 e. The molecular weight excluding hydrogens is 288 g/mol. The minimum absolute atomic E-state index is 0.229. The van der Waals surface area contributed by atoms with E-state index in [-0.39, 0.29) is 11.8 Å². The van der Waals surface area contributed by atoms with Crippen LogP contribution >= 0.6 is 0 Å². The average Bonchev–Trinajstić information content (AvgIpc) is 2.54. The van der Waals surface area contributed by atoms with Crippen LogP contribution in [0, 0.1) is 5.92 Å². The second-order valence-corrected chi connectivity index (χ2v) is 7.12. The van der Waals surface area contributed by atoms with E-state index < -0.39 is 0 Å².